The topological polar surface area (TPSA) is 58.0 Å². The largest absolute Gasteiger partial charge is 3.00 e. The summed E-state index contributed by atoms with van der Waals surface area (Å²) in [4.78, 5) is 9.60. The molecule has 0 N–H and O–H groups in total. The van der Waals surface area contributed by atoms with Crippen molar-refractivity contribution in [1.82, 2.24) is 14.5 Å². The molecule has 238 valence electrons. The second-order valence-electron chi connectivity index (χ2n) is 12.4. The Balaban J connectivity index is 0.000000223. The molecule has 3 heterocycles. The van der Waals surface area contributed by atoms with Crippen LogP contribution < -0.4 is 0 Å². The predicted molar refractivity (Wildman–Crippen MR) is 188 cm³/mol. The molecule has 47 heavy (non-hydrogen) atoms. The van der Waals surface area contributed by atoms with Gasteiger partial charge in [0.2, 0.25) is 17.3 Å². The summed E-state index contributed by atoms with van der Waals surface area (Å²) in [5.41, 5.74) is 8.70. The van der Waals surface area contributed by atoms with Gasteiger partial charge in [-0.3, -0.25) is 4.98 Å². The van der Waals surface area contributed by atoms with E-state index < -0.39 is 13.7 Å². The van der Waals surface area contributed by atoms with Gasteiger partial charge >= 0.3 is 20.1 Å². The summed E-state index contributed by atoms with van der Waals surface area (Å²) in [6.45, 7) is 6.10. The van der Waals surface area contributed by atoms with Gasteiger partial charge in [0.1, 0.15) is 0 Å². The van der Waals surface area contributed by atoms with Gasteiger partial charge in [-0.05, 0) is 30.1 Å². The Hall–Kier alpha value is -4.51. The van der Waals surface area contributed by atoms with Crippen molar-refractivity contribution >= 4 is 11.4 Å². The zero-order chi connectivity index (χ0) is 37.4. The van der Waals surface area contributed by atoms with Crippen LogP contribution in [0, 0.1) is 32.8 Å². The van der Waals surface area contributed by atoms with Gasteiger partial charge in [-0.1, -0.05) is 108 Å². The van der Waals surface area contributed by atoms with Crippen LogP contribution in [-0.4, -0.2) is 14.5 Å². The SMILES string of the molecule is Cc1[c-]c(-c2nc3nc(C(C)(C)C)oc3n2-c2ccc(-c3ccccc3)cc2)cc(C)c1.[2H]C([2H])([2H])C1=C[N-]C(c2[c-]cc(C([2H])([2H])[2H])cc2)C=C1.[Ir+3]. The van der Waals surface area contributed by atoms with Gasteiger partial charge in [-0.2, -0.15) is 46.6 Å². The number of aromatic nitrogens is 3. The van der Waals surface area contributed by atoms with Crippen LogP contribution >= 0.6 is 0 Å². The molecule has 1 unspecified atom stereocenters. The number of benzene rings is 4. The van der Waals surface area contributed by atoms with Gasteiger partial charge in [-0.25, -0.2) is 0 Å². The molecule has 0 radical (unpaired) electrons. The first-order valence-electron chi connectivity index (χ1n) is 18.1. The summed E-state index contributed by atoms with van der Waals surface area (Å²) in [7, 11) is 0. The van der Waals surface area contributed by atoms with Crippen LogP contribution in [0.2, 0.25) is 0 Å². The van der Waals surface area contributed by atoms with Gasteiger partial charge in [0.25, 0.3) is 0 Å². The number of nitrogens with zero attached hydrogens (tertiary/aromatic N) is 4. The van der Waals surface area contributed by atoms with Crippen molar-refractivity contribution in [3.8, 4) is 28.2 Å². The van der Waals surface area contributed by atoms with Gasteiger partial charge < -0.3 is 14.3 Å². The van der Waals surface area contributed by atoms with E-state index in [0.717, 1.165) is 28.2 Å². The fourth-order valence-corrected chi connectivity index (χ4v) is 5.21. The molecule has 6 heteroatoms. The molecule has 0 bridgehead atoms. The molecule has 7 rings (SSSR count). The Labute approximate surface area is 300 Å². The first-order valence-corrected chi connectivity index (χ1v) is 15.1. The van der Waals surface area contributed by atoms with Crippen molar-refractivity contribution in [2.24, 2.45) is 0 Å². The van der Waals surface area contributed by atoms with Crippen LogP contribution in [0.5, 0.6) is 0 Å². The molecule has 6 aromatic rings. The molecule has 0 saturated heterocycles. The molecule has 5 nitrogen and oxygen atoms in total. The van der Waals surface area contributed by atoms with E-state index in [1.165, 1.54) is 35.5 Å². The molecule has 1 atom stereocenters. The standard InChI is InChI=1S/C28H26N3O.C13H13N.Ir/c1-18-15-19(2)17-22(16-18)25-29-24-26(32-27(30-24)28(3,4)5)31(25)23-13-11-21(12-14-23)20-9-7-6-8-10-20;1-10-3-6-12(7-4-10)13-8-5-11(2)9-14-13;/h6-16H,1-5H3;3-6,8-9,13H,1-2H3;/q-1;-2;+3/i;1D3,2D3;. The summed E-state index contributed by atoms with van der Waals surface area (Å²) in [6, 6.07) is 33.7. The molecule has 2 aromatic heterocycles. The Morgan fingerprint density at radius 2 is 1.66 bits per heavy atom. The van der Waals surface area contributed by atoms with Crippen molar-refractivity contribution in [2.45, 2.75) is 59.8 Å². The second kappa shape index (κ2) is 14.1. The molecule has 0 amide bonds. The van der Waals surface area contributed by atoms with E-state index in [1.54, 1.807) is 12.1 Å². The molecule has 0 fully saturated rings. The summed E-state index contributed by atoms with van der Waals surface area (Å²) < 4.78 is 52.0. The summed E-state index contributed by atoms with van der Waals surface area (Å²) in [6.07, 6.45) is 4.53. The molecule has 0 aliphatic carbocycles. The third kappa shape index (κ3) is 7.73. The first-order chi connectivity index (χ1) is 24.5. The number of hydrogen-bond acceptors (Lipinski definition) is 3. The van der Waals surface area contributed by atoms with E-state index in [2.05, 4.69) is 117 Å². The third-order valence-corrected chi connectivity index (χ3v) is 7.47. The van der Waals surface area contributed by atoms with E-state index in [-0.39, 0.29) is 42.7 Å². The Morgan fingerprint density at radius 3 is 2.28 bits per heavy atom. The van der Waals surface area contributed by atoms with E-state index in [9.17, 15) is 0 Å². The number of aryl methyl sites for hydroxylation is 3. The van der Waals surface area contributed by atoms with Gasteiger partial charge in [0, 0.05) is 19.3 Å². The van der Waals surface area contributed by atoms with Crippen molar-refractivity contribution in [3.63, 3.8) is 0 Å². The van der Waals surface area contributed by atoms with Crippen LogP contribution in [0.4, 0.5) is 0 Å². The molecule has 0 saturated carbocycles. The van der Waals surface area contributed by atoms with Crippen molar-refractivity contribution in [1.29, 1.82) is 0 Å². The van der Waals surface area contributed by atoms with Gasteiger partial charge in [0.05, 0.1) is 5.82 Å². The Kier molecular flexibility index (Phi) is 7.96. The predicted octanol–water partition coefficient (Wildman–Crippen LogP) is 10.7. The van der Waals surface area contributed by atoms with E-state index in [0.29, 0.717) is 22.8 Å². The monoisotopic (exact) mass is 802 g/mol. The van der Waals surface area contributed by atoms with Crippen molar-refractivity contribution < 1.29 is 32.7 Å². The Bertz CT molecular complexity index is 2220. The number of fused-ring (bicyclic) bond motifs is 1. The minimum absolute atomic E-state index is 0. The summed E-state index contributed by atoms with van der Waals surface area (Å²) in [5, 5.41) is 4.16. The molecular formula is C41H39IrN4O. The van der Waals surface area contributed by atoms with Crippen LogP contribution in [0.25, 0.3) is 44.9 Å². The smallest absolute Gasteiger partial charge is 0.683 e. The molecule has 4 aromatic carbocycles. The van der Waals surface area contributed by atoms with Crippen LogP contribution in [0.15, 0.2) is 113 Å². The number of oxazole rings is 1. The molecular weight excluding hydrogens is 757 g/mol. The normalized spacial score (nSPS) is 16.5. The maximum Gasteiger partial charge on any atom is 3.00 e. The second-order valence-corrected chi connectivity index (χ2v) is 12.4. The maximum atomic E-state index is 7.29. The van der Waals surface area contributed by atoms with Crippen molar-refractivity contribution in [2.75, 3.05) is 0 Å². The van der Waals surface area contributed by atoms with Gasteiger partial charge in [0.15, 0.2) is 0 Å². The van der Waals surface area contributed by atoms with Crippen LogP contribution in [-0.2, 0) is 25.5 Å². The van der Waals surface area contributed by atoms with Crippen LogP contribution in [0.1, 0.15) is 70.0 Å². The third-order valence-electron chi connectivity index (χ3n) is 7.47. The average molecular weight is 802 g/mol. The summed E-state index contributed by atoms with van der Waals surface area (Å²) in [5.74, 6) is 1.46. The zero-order valence-electron chi connectivity index (χ0n) is 32.9. The fraction of sp³-hybridized carbons (Fsp3) is 0.220. The summed E-state index contributed by atoms with van der Waals surface area (Å²) >= 11 is 0. The number of imidazole rings is 1. The molecule has 1 aliphatic rings. The van der Waals surface area contributed by atoms with Gasteiger partial charge in [-0.15, -0.1) is 34.9 Å². The Morgan fingerprint density at radius 1 is 0.894 bits per heavy atom. The van der Waals surface area contributed by atoms with E-state index in [4.69, 9.17) is 22.6 Å². The maximum absolute atomic E-state index is 7.29. The molecule has 0 spiro atoms. The number of hydrogen-bond donors (Lipinski definition) is 0. The number of rotatable bonds is 4. The first kappa shape index (κ1) is 26.5. The fourth-order valence-electron chi connectivity index (χ4n) is 5.21. The van der Waals surface area contributed by atoms with E-state index in [1.807, 2.05) is 6.07 Å². The minimum Gasteiger partial charge on any atom is -0.683 e. The zero-order valence-corrected chi connectivity index (χ0v) is 29.3. The quantitative estimate of drug-likeness (QED) is 0.167. The number of allylic oxidation sites excluding steroid dienone is 2. The average Bonchev–Trinajstić information content (AvgIpc) is 3.67. The van der Waals surface area contributed by atoms with E-state index >= 15 is 0 Å². The van der Waals surface area contributed by atoms with Crippen molar-refractivity contribution in [3.05, 3.63) is 154 Å². The minimum atomic E-state index is -2.17. The van der Waals surface area contributed by atoms with Crippen LogP contribution in [0.3, 0.4) is 0 Å². The molecule has 1 aliphatic heterocycles.